The molecular formula is C31H30N4O4. The highest BCUT2D eigenvalue weighted by atomic mass is 16.5. The summed E-state index contributed by atoms with van der Waals surface area (Å²) < 4.78 is 16.6. The highest BCUT2D eigenvalue weighted by Crippen LogP contribution is 2.28. The number of rotatable bonds is 10. The number of benzene rings is 4. The van der Waals surface area contributed by atoms with Crippen LogP contribution in [-0.4, -0.2) is 55.2 Å². The lowest BCUT2D eigenvalue weighted by atomic mass is 10.1. The molecule has 0 atom stereocenters. The molecule has 8 nitrogen and oxygen atoms in total. The molecule has 0 aliphatic carbocycles. The van der Waals surface area contributed by atoms with Crippen LogP contribution in [0.25, 0.3) is 22.1 Å². The van der Waals surface area contributed by atoms with Gasteiger partial charge in [-0.2, -0.15) is 0 Å². The van der Waals surface area contributed by atoms with E-state index in [-0.39, 0.29) is 5.91 Å². The van der Waals surface area contributed by atoms with Crippen molar-refractivity contribution in [3.05, 3.63) is 96.1 Å². The number of carbonyl (C=O) groups excluding carboxylic acids is 1. The van der Waals surface area contributed by atoms with Crippen molar-refractivity contribution in [3.63, 3.8) is 0 Å². The van der Waals surface area contributed by atoms with E-state index >= 15 is 0 Å². The summed E-state index contributed by atoms with van der Waals surface area (Å²) in [6, 6.07) is 26.3. The summed E-state index contributed by atoms with van der Waals surface area (Å²) >= 11 is 0. The van der Waals surface area contributed by atoms with Crippen molar-refractivity contribution in [1.29, 1.82) is 0 Å². The van der Waals surface area contributed by atoms with Crippen LogP contribution in [0.3, 0.4) is 0 Å². The molecule has 4 aromatic carbocycles. The molecule has 0 bridgehead atoms. The molecule has 39 heavy (non-hydrogen) atoms. The Morgan fingerprint density at radius 1 is 0.821 bits per heavy atom. The normalized spacial score (nSPS) is 11.1. The molecule has 0 spiro atoms. The summed E-state index contributed by atoms with van der Waals surface area (Å²) in [5, 5.41) is 2.96. The summed E-state index contributed by atoms with van der Waals surface area (Å²) in [4.78, 5) is 24.6. The lowest BCUT2D eigenvalue weighted by molar-refractivity contribution is 0.102. The van der Waals surface area contributed by atoms with Crippen LogP contribution in [0.15, 0.2) is 84.9 Å². The highest BCUT2D eigenvalue weighted by molar-refractivity contribution is 6.12. The van der Waals surface area contributed by atoms with Crippen molar-refractivity contribution >= 4 is 33.7 Å². The van der Waals surface area contributed by atoms with Crippen molar-refractivity contribution in [2.24, 2.45) is 0 Å². The summed E-state index contributed by atoms with van der Waals surface area (Å²) in [5.41, 5.74) is 5.08. The molecule has 0 unspecified atom stereocenters. The number of anilines is 1. The first-order valence-corrected chi connectivity index (χ1v) is 12.6. The zero-order valence-electron chi connectivity index (χ0n) is 22.2. The monoisotopic (exact) mass is 522 g/mol. The van der Waals surface area contributed by atoms with E-state index in [2.05, 4.69) is 20.2 Å². The van der Waals surface area contributed by atoms with Crippen LogP contribution < -0.4 is 19.5 Å². The zero-order chi connectivity index (χ0) is 27.2. The molecule has 8 heteroatoms. The van der Waals surface area contributed by atoms with Gasteiger partial charge in [-0.05, 0) is 73.3 Å². The molecule has 5 aromatic rings. The molecule has 0 radical (unpaired) electrons. The number of fused-ring (bicyclic) bond motifs is 2. The van der Waals surface area contributed by atoms with Gasteiger partial charge < -0.3 is 19.5 Å². The molecule has 0 aliphatic heterocycles. The first-order chi connectivity index (χ1) is 19.0. The molecule has 0 aliphatic rings. The second-order valence-corrected chi connectivity index (χ2v) is 9.14. The quantitative estimate of drug-likeness (QED) is 0.240. The number of carbonyl (C=O) groups is 1. The van der Waals surface area contributed by atoms with Crippen molar-refractivity contribution < 1.29 is 19.0 Å². The average molecular weight is 523 g/mol. The summed E-state index contributed by atoms with van der Waals surface area (Å²) in [6.45, 7) is 2.02. The third-order valence-electron chi connectivity index (χ3n) is 6.37. The molecule has 1 heterocycles. The first-order valence-electron chi connectivity index (χ1n) is 12.6. The third-order valence-corrected chi connectivity index (χ3v) is 6.37. The van der Waals surface area contributed by atoms with Gasteiger partial charge in [-0.1, -0.05) is 24.3 Å². The number of methoxy groups -OCH3 is 2. The standard InChI is InChI=1S/C31H30N4O4/c1-35(20-21-11-16-28(37-2)29(19-21)38-3)17-18-39-23-14-12-22(13-15-23)32-31(36)24-7-6-10-27-30(24)34-26-9-5-4-8-25(26)33-27/h4-16,19H,17-18,20H2,1-3H3,(H,32,36). The number of nitrogens with zero attached hydrogens (tertiary/aromatic N) is 3. The first kappa shape index (κ1) is 25.9. The van der Waals surface area contributed by atoms with Gasteiger partial charge in [-0.15, -0.1) is 0 Å². The topological polar surface area (TPSA) is 85.8 Å². The van der Waals surface area contributed by atoms with Gasteiger partial charge in [0.1, 0.15) is 17.9 Å². The summed E-state index contributed by atoms with van der Waals surface area (Å²) in [6.07, 6.45) is 0. The van der Waals surface area contributed by atoms with E-state index in [0.29, 0.717) is 40.4 Å². The molecule has 0 saturated heterocycles. The highest BCUT2D eigenvalue weighted by Gasteiger charge is 2.13. The van der Waals surface area contributed by atoms with Gasteiger partial charge in [0.15, 0.2) is 11.5 Å². The van der Waals surface area contributed by atoms with E-state index < -0.39 is 0 Å². The lowest BCUT2D eigenvalue weighted by Crippen LogP contribution is -2.23. The van der Waals surface area contributed by atoms with Crippen molar-refractivity contribution in [2.75, 3.05) is 39.7 Å². The second-order valence-electron chi connectivity index (χ2n) is 9.14. The number of ether oxygens (including phenoxy) is 3. The molecule has 1 amide bonds. The molecule has 1 aromatic heterocycles. The minimum absolute atomic E-state index is 0.240. The number of para-hydroxylation sites is 3. The van der Waals surface area contributed by atoms with Gasteiger partial charge in [0.2, 0.25) is 0 Å². The van der Waals surface area contributed by atoms with Crippen molar-refractivity contribution in [2.45, 2.75) is 6.54 Å². The van der Waals surface area contributed by atoms with Crippen LogP contribution in [0.2, 0.25) is 0 Å². The minimum atomic E-state index is -0.240. The van der Waals surface area contributed by atoms with Gasteiger partial charge in [0.05, 0.1) is 36.3 Å². The van der Waals surface area contributed by atoms with E-state index in [1.165, 1.54) is 0 Å². The minimum Gasteiger partial charge on any atom is -0.493 e. The Morgan fingerprint density at radius 2 is 1.54 bits per heavy atom. The third kappa shape index (κ3) is 6.08. The van der Waals surface area contributed by atoms with Crippen LogP contribution in [0.5, 0.6) is 17.2 Å². The average Bonchev–Trinajstić information content (AvgIpc) is 2.96. The fraction of sp³-hybridized carbons (Fsp3) is 0.194. The Kier molecular flexibility index (Phi) is 7.84. The maximum absolute atomic E-state index is 13.1. The second kappa shape index (κ2) is 11.8. The largest absolute Gasteiger partial charge is 0.493 e. The molecule has 0 fully saturated rings. The van der Waals surface area contributed by atoms with Gasteiger partial charge in [0, 0.05) is 18.8 Å². The zero-order valence-corrected chi connectivity index (χ0v) is 22.2. The number of hydrogen-bond donors (Lipinski definition) is 1. The molecule has 198 valence electrons. The van der Waals surface area contributed by atoms with Crippen LogP contribution in [0, 0.1) is 0 Å². The van der Waals surface area contributed by atoms with E-state index in [4.69, 9.17) is 14.2 Å². The molecular weight excluding hydrogens is 492 g/mol. The van der Waals surface area contributed by atoms with Crippen LogP contribution in [-0.2, 0) is 6.54 Å². The van der Waals surface area contributed by atoms with Crippen LogP contribution in [0.4, 0.5) is 5.69 Å². The maximum Gasteiger partial charge on any atom is 0.257 e. The van der Waals surface area contributed by atoms with Gasteiger partial charge >= 0.3 is 0 Å². The summed E-state index contributed by atoms with van der Waals surface area (Å²) in [5.74, 6) is 1.92. The fourth-order valence-corrected chi connectivity index (χ4v) is 4.35. The molecule has 5 rings (SSSR count). The number of nitrogens with one attached hydrogen (secondary N) is 1. The lowest BCUT2D eigenvalue weighted by Gasteiger charge is -2.18. The molecule has 0 saturated carbocycles. The predicted molar refractivity (Wildman–Crippen MR) is 153 cm³/mol. The van der Waals surface area contributed by atoms with Gasteiger partial charge in [0.25, 0.3) is 5.91 Å². The van der Waals surface area contributed by atoms with Crippen LogP contribution in [0.1, 0.15) is 15.9 Å². The van der Waals surface area contributed by atoms with Crippen molar-refractivity contribution in [3.8, 4) is 17.2 Å². The smallest absolute Gasteiger partial charge is 0.257 e. The van der Waals surface area contributed by atoms with Gasteiger partial charge in [-0.25, -0.2) is 9.97 Å². The Hall–Kier alpha value is -4.69. The Bertz CT molecular complexity index is 1600. The number of amides is 1. The van der Waals surface area contributed by atoms with E-state index in [0.717, 1.165) is 35.4 Å². The van der Waals surface area contributed by atoms with Crippen molar-refractivity contribution in [1.82, 2.24) is 14.9 Å². The maximum atomic E-state index is 13.1. The van der Waals surface area contributed by atoms with E-state index in [1.807, 2.05) is 85.9 Å². The van der Waals surface area contributed by atoms with E-state index in [9.17, 15) is 4.79 Å². The number of hydrogen-bond acceptors (Lipinski definition) is 7. The molecule has 1 N–H and O–H groups in total. The number of likely N-dealkylation sites (N-methyl/N-ethyl adjacent to an activating group) is 1. The predicted octanol–water partition coefficient (Wildman–Crippen LogP) is 5.56. The SMILES string of the molecule is COc1ccc(CN(C)CCOc2ccc(NC(=O)c3cccc4nc5ccccc5nc34)cc2)cc1OC. The Balaban J connectivity index is 1.16. The van der Waals surface area contributed by atoms with E-state index in [1.54, 1.807) is 20.3 Å². The number of aromatic nitrogens is 2. The summed E-state index contributed by atoms with van der Waals surface area (Å²) in [7, 11) is 5.30. The Morgan fingerprint density at radius 3 is 2.28 bits per heavy atom. The Labute approximate surface area is 227 Å². The van der Waals surface area contributed by atoms with Crippen LogP contribution >= 0.6 is 0 Å². The van der Waals surface area contributed by atoms with Gasteiger partial charge in [-0.3, -0.25) is 9.69 Å². The fourth-order valence-electron chi connectivity index (χ4n) is 4.35.